The molecule has 0 spiro atoms. The molecular formula is C12H18ClP. The standard InChI is InChI=1S/C12H17P.ClH/c1-11(2)8-9-13-10-12-6-4-3-5-7-12;/h3-8,13H,9-10H2,1-2H3;1H. The minimum absolute atomic E-state index is 0. The van der Waals surface area contributed by atoms with E-state index < -0.39 is 0 Å². The molecule has 1 aromatic rings. The van der Waals surface area contributed by atoms with Crippen LogP contribution in [0.2, 0.25) is 0 Å². The van der Waals surface area contributed by atoms with Crippen LogP contribution in [0, 0.1) is 0 Å². The van der Waals surface area contributed by atoms with E-state index in [0.29, 0.717) is 0 Å². The normalized spacial score (nSPS) is 9.86. The Morgan fingerprint density at radius 2 is 1.86 bits per heavy atom. The second kappa shape index (κ2) is 8.03. The maximum atomic E-state index is 2.32. The van der Waals surface area contributed by atoms with Gasteiger partial charge in [0.15, 0.2) is 0 Å². The van der Waals surface area contributed by atoms with E-state index in [1.165, 1.54) is 23.5 Å². The molecule has 0 aliphatic carbocycles. The van der Waals surface area contributed by atoms with Gasteiger partial charge >= 0.3 is 0 Å². The second-order valence-electron chi connectivity index (χ2n) is 3.40. The SMILES string of the molecule is CC(C)=CCPCc1ccccc1.Cl. The third-order valence-corrected chi connectivity index (χ3v) is 2.98. The monoisotopic (exact) mass is 228 g/mol. The summed E-state index contributed by atoms with van der Waals surface area (Å²) >= 11 is 0. The summed E-state index contributed by atoms with van der Waals surface area (Å²) in [7, 11) is 1.03. The lowest BCUT2D eigenvalue weighted by molar-refractivity contribution is 1.35. The number of allylic oxidation sites excluding steroid dienone is 2. The minimum Gasteiger partial charge on any atom is -0.147 e. The van der Waals surface area contributed by atoms with Crippen LogP contribution in [0.4, 0.5) is 0 Å². The molecule has 0 aliphatic rings. The average molecular weight is 229 g/mol. The number of hydrogen-bond donors (Lipinski definition) is 0. The van der Waals surface area contributed by atoms with Gasteiger partial charge in [0.05, 0.1) is 0 Å². The van der Waals surface area contributed by atoms with E-state index in [1.54, 1.807) is 0 Å². The predicted octanol–water partition coefficient (Wildman–Crippen LogP) is 4.25. The van der Waals surface area contributed by atoms with E-state index in [1.807, 2.05) is 0 Å². The molecule has 0 bridgehead atoms. The first-order chi connectivity index (χ1) is 6.29. The van der Waals surface area contributed by atoms with E-state index in [0.717, 1.165) is 8.58 Å². The predicted molar refractivity (Wildman–Crippen MR) is 70.0 cm³/mol. The molecule has 2 heteroatoms. The second-order valence-corrected chi connectivity index (χ2v) is 4.66. The lowest BCUT2D eigenvalue weighted by Crippen LogP contribution is -1.78. The van der Waals surface area contributed by atoms with Crippen molar-refractivity contribution in [3.05, 3.63) is 47.5 Å². The van der Waals surface area contributed by atoms with Gasteiger partial charge in [0.1, 0.15) is 0 Å². The first kappa shape index (κ1) is 13.7. The molecule has 0 aromatic heterocycles. The molecule has 0 saturated carbocycles. The van der Waals surface area contributed by atoms with Crippen LogP contribution >= 0.6 is 21.0 Å². The number of rotatable bonds is 4. The van der Waals surface area contributed by atoms with Crippen molar-refractivity contribution in [2.45, 2.75) is 20.0 Å². The molecule has 1 aromatic carbocycles. The van der Waals surface area contributed by atoms with Crippen molar-refractivity contribution in [1.82, 2.24) is 0 Å². The van der Waals surface area contributed by atoms with Gasteiger partial charge in [-0.25, -0.2) is 0 Å². The fraction of sp³-hybridized carbons (Fsp3) is 0.333. The third-order valence-electron chi connectivity index (χ3n) is 1.83. The van der Waals surface area contributed by atoms with Crippen molar-refractivity contribution in [3.8, 4) is 0 Å². The van der Waals surface area contributed by atoms with Gasteiger partial charge in [-0.05, 0) is 31.7 Å². The first-order valence-corrected chi connectivity index (χ1v) is 6.08. The quantitative estimate of drug-likeness (QED) is 0.411. The molecule has 14 heavy (non-hydrogen) atoms. The Hall–Kier alpha value is -0.320. The van der Waals surface area contributed by atoms with Crippen LogP contribution < -0.4 is 0 Å². The molecule has 1 unspecified atom stereocenters. The van der Waals surface area contributed by atoms with Crippen molar-refractivity contribution in [3.63, 3.8) is 0 Å². The van der Waals surface area contributed by atoms with E-state index in [4.69, 9.17) is 0 Å². The number of halogens is 1. The number of benzene rings is 1. The van der Waals surface area contributed by atoms with Gasteiger partial charge in [0, 0.05) is 0 Å². The third kappa shape index (κ3) is 6.18. The fourth-order valence-corrected chi connectivity index (χ4v) is 2.31. The van der Waals surface area contributed by atoms with E-state index >= 15 is 0 Å². The Bertz CT molecular complexity index is 263. The molecule has 0 nitrogen and oxygen atoms in total. The van der Waals surface area contributed by atoms with E-state index in [9.17, 15) is 0 Å². The van der Waals surface area contributed by atoms with Crippen LogP contribution in [-0.2, 0) is 6.16 Å². The topological polar surface area (TPSA) is 0 Å². The van der Waals surface area contributed by atoms with Gasteiger partial charge in [-0.1, -0.05) is 42.0 Å². The maximum absolute atomic E-state index is 2.32. The van der Waals surface area contributed by atoms with Gasteiger partial charge in [-0.2, -0.15) is 0 Å². The molecule has 0 amide bonds. The summed E-state index contributed by atoms with van der Waals surface area (Å²) in [5.41, 5.74) is 2.89. The maximum Gasteiger partial charge on any atom is -0.00978 e. The number of hydrogen-bond acceptors (Lipinski definition) is 0. The Morgan fingerprint density at radius 1 is 1.21 bits per heavy atom. The van der Waals surface area contributed by atoms with Crippen molar-refractivity contribution in [2.24, 2.45) is 0 Å². The summed E-state index contributed by atoms with van der Waals surface area (Å²) in [5.74, 6) is 0. The largest absolute Gasteiger partial charge is 0.147 e. The highest BCUT2D eigenvalue weighted by atomic mass is 35.5. The molecule has 1 atom stereocenters. The van der Waals surface area contributed by atoms with E-state index in [2.05, 4.69) is 50.3 Å². The Balaban J connectivity index is 0.00000169. The fourth-order valence-electron chi connectivity index (χ4n) is 1.09. The van der Waals surface area contributed by atoms with Gasteiger partial charge in [0.25, 0.3) is 0 Å². The zero-order chi connectivity index (χ0) is 9.52. The Kier molecular flexibility index (Phi) is 7.84. The molecule has 0 radical (unpaired) electrons. The molecule has 0 heterocycles. The van der Waals surface area contributed by atoms with Crippen molar-refractivity contribution >= 4 is 21.0 Å². The highest BCUT2D eigenvalue weighted by Gasteiger charge is 1.89. The molecule has 0 N–H and O–H groups in total. The van der Waals surface area contributed by atoms with Gasteiger partial charge in [0.2, 0.25) is 0 Å². The zero-order valence-electron chi connectivity index (χ0n) is 8.79. The highest BCUT2D eigenvalue weighted by Crippen LogP contribution is 2.18. The lowest BCUT2D eigenvalue weighted by atomic mass is 10.2. The van der Waals surface area contributed by atoms with Gasteiger partial charge in [-0.3, -0.25) is 0 Å². The molecule has 0 aliphatic heterocycles. The summed E-state index contributed by atoms with van der Waals surface area (Å²) in [6, 6.07) is 10.7. The summed E-state index contributed by atoms with van der Waals surface area (Å²) in [6.45, 7) is 4.32. The zero-order valence-corrected chi connectivity index (χ0v) is 10.6. The average Bonchev–Trinajstić information content (AvgIpc) is 2.14. The van der Waals surface area contributed by atoms with Crippen LogP contribution in [0.15, 0.2) is 42.0 Å². The molecule has 1 rings (SSSR count). The summed E-state index contributed by atoms with van der Waals surface area (Å²) < 4.78 is 0. The minimum atomic E-state index is 0. The van der Waals surface area contributed by atoms with Crippen LogP contribution in [0.3, 0.4) is 0 Å². The lowest BCUT2D eigenvalue weighted by Gasteiger charge is -1.98. The van der Waals surface area contributed by atoms with Crippen molar-refractivity contribution in [1.29, 1.82) is 0 Å². The van der Waals surface area contributed by atoms with Crippen LogP contribution in [0.25, 0.3) is 0 Å². The first-order valence-electron chi connectivity index (χ1n) is 4.67. The van der Waals surface area contributed by atoms with Crippen LogP contribution in [0.5, 0.6) is 0 Å². The smallest absolute Gasteiger partial charge is 0.00978 e. The van der Waals surface area contributed by atoms with E-state index in [-0.39, 0.29) is 12.4 Å². The van der Waals surface area contributed by atoms with Crippen LogP contribution in [0.1, 0.15) is 19.4 Å². The summed E-state index contributed by atoms with van der Waals surface area (Å²) in [4.78, 5) is 0. The molecular weight excluding hydrogens is 211 g/mol. The van der Waals surface area contributed by atoms with Crippen molar-refractivity contribution < 1.29 is 0 Å². The summed E-state index contributed by atoms with van der Waals surface area (Å²) in [5, 5.41) is 0. The molecule has 78 valence electrons. The molecule has 0 fully saturated rings. The molecule has 0 saturated heterocycles. The Labute approximate surface area is 95.0 Å². The summed E-state index contributed by atoms with van der Waals surface area (Å²) in [6.07, 6.45) is 4.78. The van der Waals surface area contributed by atoms with Crippen LogP contribution in [-0.4, -0.2) is 6.16 Å². The Morgan fingerprint density at radius 3 is 2.43 bits per heavy atom. The van der Waals surface area contributed by atoms with Gasteiger partial charge in [-0.15, -0.1) is 21.0 Å². The van der Waals surface area contributed by atoms with Crippen molar-refractivity contribution in [2.75, 3.05) is 6.16 Å². The van der Waals surface area contributed by atoms with Gasteiger partial charge < -0.3 is 0 Å². The highest BCUT2D eigenvalue weighted by molar-refractivity contribution is 7.37.